The lowest BCUT2D eigenvalue weighted by atomic mass is 10.0. The summed E-state index contributed by atoms with van der Waals surface area (Å²) < 4.78 is 0. The molecule has 0 aromatic heterocycles. The van der Waals surface area contributed by atoms with Crippen LogP contribution in [0.1, 0.15) is 350 Å². The van der Waals surface area contributed by atoms with Crippen molar-refractivity contribution in [3.05, 3.63) is 0 Å². The smallest absolute Gasteiger partial charge is 0.221 e. The van der Waals surface area contributed by atoms with E-state index < -0.39 is 0 Å². The van der Waals surface area contributed by atoms with Crippen molar-refractivity contribution in [3.63, 3.8) is 0 Å². The minimum atomic E-state index is 0.192. The van der Waals surface area contributed by atoms with Crippen LogP contribution < -0.4 is 16.0 Å². The molecule has 0 saturated heterocycles. The molecule has 3 amide bonds. The van der Waals surface area contributed by atoms with Gasteiger partial charge in [-0.3, -0.25) is 14.4 Å². The van der Waals surface area contributed by atoms with Gasteiger partial charge in [0.1, 0.15) is 0 Å². The Morgan fingerprint density at radius 3 is 0.603 bits per heavy atom. The quantitative estimate of drug-likeness (QED) is 0.0525. The zero-order chi connectivity index (χ0) is 57.3. The highest BCUT2D eigenvalue weighted by Gasteiger charge is 2.11. The van der Waals surface area contributed by atoms with Crippen molar-refractivity contribution in [2.45, 2.75) is 350 Å². The van der Waals surface area contributed by atoms with Gasteiger partial charge in [-0.25, -0.2) is 0 Å². The highest BCUT2D eigenvalue weighted by molar-refractivity contribution is 5.76. The average Bonchev–Trinajstić information content (AvgIpc) is 3.44. The fraction of sp³-hybridized carbons (Fsp3) is 0.957. The normalized spacial score (nSPS) is 11.5. The number of nitrogens with one attached hydrogen (secondary N) is 3. The second kappa shape index (κ2) is 67.8. The molecule has 9 nitrogen and oxygen atoms in total. The van der Waals surface area contributed by atoms with Gasteiger partial charge < -0.3 is 30.7 Å². The van der Waals surface area contributed by atoms with Crippen molar-refractivity contribution in [1.29, 1.82) is 0 Å². The number of hydrogen-bond acceptors (Lipinski definition) is 6. The first-order valence-corrected chi connectivity index (χ1v) is 35.3. The predicted molar refractivity (Wildman–Crippen MR) is 345 cm³/mol. The molecule has 0 unspecified atom stereocenters. The second-order valence-corrected chi connectivity index (χ2v) is 23.7. The summed E-state index contributed by atoms with van der Waals surface area (Å²) in [5.74, 6) is 0.616. The van der Waals surface area contributed by atoms with Crippen LogP contribution in [-0.4, -0.2) is 111 Å². The molecule has 0 heterocycles. The third kappa shape index (κ3) is 63.5. The topological polar surface area (TPSA) is 97.0 Å². The Labute approximate surface area is 489 Å². The van der Waals surface area contributed by atoms with E-state index >= 15 is 0 Å². The fourth-order valence-corrected chi connectivity index (χ4v) is 10.7. The van der Waals surface area contributed by atoms with Crippen LogP contribution in [0.4, 0.5) is 0 Å². The highest BCUT2D eigenvalue weighted by atomic mass is 16.2. The predicted octanol–water partition coefficient (Wildman–Crippen LogP) is 18.7. The van der Waals surface area contributed by atoms with Crippen molar-refractivity contribution < 1.29 is 14.4 Å². The first-order chi connectivity index (χ1) is 38.3. The van der Waals surface area contributed by atoms with E-state index in [9.17, 15) is 14.4 Å². The van der Waals surface area contributed by atoms with Crippen LogP contribution in [0.2, 0.25) is 0 Å². The Hall–Kier alpha value is -1.71. The first-order valence-electron chi connectivity index (χ1n) is 35.3. The molecule has 78 heavy (non-hydrogen) atoms. The van der Waals surface area contributed by atoms with Crippen LogP contribution in [0, 0.1) is 0 Å². The maximum absolute atomic E-state index is 12.4. The van der Waals surface area contributed by atoms with Gasteiger partial charge in [-0.1, -0.05) is 299 Å². The van der Waals surface area contributed by atoms with Gasteiger partial charge in [0.05, 0.1) is 0 Å². The Morgan fingerprint density at radius 1 is 0.218 bits per heavy atom. The summed E-state index contributed by atoms with van der Waals surface area (Å²) in [5, 5.41) is 9.40. The van der Waals surface area contributed by atoms with Crippen LogP contribution in [-0.2, 0) is 14.4 Å². The van der Waals surface area contributed by atoms with Crippen molar-refractivity contribution >= 4 is 17.7 Å². The molecule has 0 aliphatic rings. The van der Waals surface area contributed by atoms with E-state index in [1.807, 2.05) is 0 Å². The fourth-order valence-electron chi connectivity index (χ4n) is 10.7. The molecule has 0 aromatic rings. The Morgan fingerprint density at radius 2 is 0.397 bits per heavy atom. The monoisotopic (exact) mass is 1100 g/mol. The molecule has 0 saturated carbocycles. The van der Waals surface area contributed by atoms with E-state index in [0.29, 0.717) is 19.3 Å². The lowest BCUT2D eigenvalue weighted by Gasteiger charge is -2.24. The zero-order valence-electron chi connectivity index (χ0n) is 54.3. The Kier molecular flexibility index (Phi) is 68.1. The molecule has 0 fully saturated rings. The molecule has 9 heteroatoms. The summed E-state index contributed by atoms with van der Waals surface area (Å²) in [5.41, 5.74) is 0. The van der Waals surface area contributed by atoms with Crippen LogP contribution in [0.5, 0.6) is 0 Å². The van der Waals surface area contributed by atoms with Crippen molar-refractivity contribution in [3.8, 4) is 0 Å². The molecule has 0 bridgehead atoms. The molecule has 0 aromatic carbocycles. The van der Waals surface area contributed by atoms with E-state index in [2.05, 4.69) is 79.1 Å². The van der Waals surface area contributed by atoms with Crippen LogP contribution in [0.3, 0.4) is 0 Å². The van der Waals surface area contributed by atoms with Gasteiger partial charge in [0.2, 0.25) is 17.7 Å². The van der Waals surface area contributed by atoms with Gasteiger partial charge >= 0.3 is 0 Å². The molecule has 0 atom stereocenters. The summed E-state index contributed by atoms with van der Waals surface area (Å²) in [4.78, 5) is 44.0. The number of nitrogens with zero attached hydrogens (tertiary/aromatic N) is 3. The Balaban J connectivity index is 0. The second-order valence-electron chi connectivity index (χ2n) is 23.7. The Bertz CT molecular complexity index is 1130. The summed E-state index contributed by atoms with van der Waals surface area (Å²) >= 11 is 0. The van der Waals surface area contributed by atoms with Gasteiger partial charge in [-0.15, -0.1) is 0 Å². The third-order valence-corrected chi connectivity index (χ3v) is 16.4. The minimum absolute atomic E-state index is 0.192. The number of rotatable bonds is 63. The van der Waals surface area contributed by atoms with E-state index in [-0.39, 0.29) is 17.7 Å². The SMILES string of the molecule is CCCCCCCCCCCCCCCNC(=O)CCN(CC)CCCCCC.CCCCCCCCCCCCCCCNC(=O)CCN(CC)CCCN(CC)CCC(=O)NCCCCCCCCCCCCCCC. The average molecular weight is 1100 g/mol. The van der Waals surface area contributed by atoms with E-state index in [1.165, 1.54) is 257 Å². The molecule has 0 rings (SSSR count). The first kappa shape index (κ1) is 78.4. The van der Waals surface area contributed by atoms with E-state index in [1.54, 1.807) is 0 Å². The molecule has 0 aliphatic heterocycles. The van der Waals surface area contributed by atoms with Crippen LogP contribution in [0.15, 0.2) is 0 Å². The van der Waals surface area contributed by atoms with Crippen molar-refractivity contribution in [2.75, 3.05) is 78.5 Å². The van der Waals surface area contributed by atoms with Crippen LogP contribution in [0.25, 0.3) is 0 Å². The van der Waals surface area contributed by atoms with Gasteiger partial charge in [0.15, 0.2) is 0 Å². The summed E-state index contributed by atoms with van der Waals surface area (Å²) in [6.45, 7) is 26.9. The molecule has 466 valence electrons. The van der Waals surface area contributed by atoms with Gasteiger partial charge in [-0.2, -0.15) is 0 Å². The molecular formula is C69H142N6O3. The molecule has 3 N–H and O–H groups in total. The number of carbonyl (C=O) groups is 3. The summed E-state index contributed by atoms with van der Waals surface area (Å²) in [6, 6.07) is 0. The number of unbranched alkanes of at least 4 members (excludes halogenated alkanes) is 39. The van der Waals surface area contributed by atoms with Gasteiger partial charge in [0.25, 0.3) is 0 Å². The summed E-state index contributed by atoms with van der Waals surface area (Å²) in [7, 11) is 0. The molecule has 0 radical (unpaired) electrons. The largest absolute Gasteiger partial charge is 0.356 e. The number of amides is 3. The molecule has 0 spiro atoms. The van der Waals surface area contributed by atoms with Crippen molar-refractivity contribution in [2.24, 2.45) is 0 Å². The lowest BCUT2D eigenvalue weighted by molar-refractivity contribution is -0.122. The molecule has 0 aliphatic carbocycles. The van der Waals surface area contributed by atoms with E-state index in [4.69, 9.17) is 0 Å². The maximum Gasteiger partial charge on any atom is 0.221 e. The summed E-state index contributed by atoms with van der Waals surface area (Å²) in [6.07, 6.45) is 61.1. The highest BCUT2D eigenvalue weighted by Crippen LogP contribution is 2.15. The zero-order valence-corrected chi connectivity index (χ0v) is 54.3. The maximum atomic E-state index is 12.4. The lowest BCUT2D eigenvalue weighted by Crippen LogP contribution is -2.35. The number of carbonyl (C=O) groups excluding carboxylic acids is 3. The minimum Gasteiger partial charge on any atom is -0.356 e. The van der Waals surface area contributed by atoms with Gasteiger partial charge in [-0.05, 0) is 71.4 Å². The standard InChI is InChI=1S/C43H88N4O2.C26H54N2O/c1-5-9-11-13-15-17-19-21-23-25-27-29-31-36-44-42(48)34-40-46(7-3)38-33-39-47(8-4)41-35-43(49)45-37-32-30-28-26-24-22-20-18-16-14-12-10-6-2;1-4-7-9-11-12-13-14-15-16-17-18-19-20-23-27-26(29)22-25-28(6-3)24-21-10-8-5-2/h5-41H2,1-4H3,(H,44,48)(H,45,49);4-25H2,1-3H3,(H,27,29). The third-order valence-electron chi connectivity index (χ3n) is 16.4. The molecular weight excluding hydrogens is 961 g/mol. The van der Waals surface area contributed by atoms with Crippen LogP contribution >= 0.6 is 0 Å². The van der Waals surface area contributed by atoms with E-state index in [0.717, 1.165) is 104 Å². The number of hydrogen-bond donors (Lipinski definition) is 3. The van der Waals surface area contributed by atoms with Crippen molar-refractivity contribution in [1.82, 2.24) is 30.7 Å². The van der Waals surface area contributed by atoms with Gasteiger partial charge in [0, 0.05) is 58.5 Å².